The van der Waals surface area contributed by atoms with Crippen molar-refractivity contribution in [3.63, 3.8) is 0 Å². The maximum Gasteiger partial charge on any atom is 0.371 e. The van der Waals surface area contributed by atoms with Gasteiger partial charge in [-0.2, -0.15) is 5.26 Å². The van der Waals surface area contributed by atoms with Gasteiger partial charge in [0.1, 0.15) is 17.6 Å². The van der Waals surface area contributed by atoms with Crippen molar-refractivity contribution in [3.8, 4) is 17.4 Å². The number of piperidine rings is 1. The summed E-state index contributed by atoms with van der Waals surface area (Å²) in [7, 11) is 0. The van der Waals surface area contributed by atoms with E-state index in [9.17, 15) is 19.2 Å². The lowest BCUT2D eigenvalue weighted by molar-refractivity contribution is -0.124. The Bertz CT molecular complexity index is 996. The van der Waals surface area contributed by atoms with Gasteiger partial charge < -0.3 is 20.2 Å². The molecular weight excluding hydrogens is 377 g/mol. The summed E-state index contributed by atoms with van der Waals surface area (Å²) in [5.41, 5.74) is 0.675. The number of amides is 1. The van der Waals surface area contributed by atoms with Crippen LogP contribution in [0.5, 0.6) is 0 Å². The summed E-state index contributed by atoms with van der Waals surface area (Å²) in [5.74, 6) is -1.66. The van der Waals surface area contributed by atoms with Gasteiger partial charge in [-0.15, -0.1) is 0 Å². The fraction of sp³-hybridized carbons (Fsp3) is 0.381. The zero-order valence-electron chi connectivity index (χ0n) is 15.5. The molecule has 1 aromatic carbocycles. The number of nitriles is 1. The normalized spacial score (nSPS) is 23.5. The van der Waals surface area contributed by atoms with E-state index in [0.29, 0.717) is 17.5 Å². The maximum atomic E-state index is 14.6. The highest BCUT2D eigenvalue weighted by atomic mass is 19.1. The lowest BCUT2D eigenvalue weighted by Gasteiger charge is -2.23. The third kappa shape index (κ3) is 3.87. The number of benzene rings is 1. The van der Waals surface area contributed by atoms with Crippen LogP contribution in [0, 0.1) is 23.1 Å². The van der Waals surface area contributed by atoms with Gasteiger partial charge in [-0.3, -0.25) is 4.79 Å². The molecule has 150 valence electrons. The molecule has 2 fully saturated rings. The first kappa shape index (κ1) is 19.2. The van der Waals surface area contributed by atoms with E-state index in [1.165, 1.54) is 24.3 Å². The standard InChI is InChI=1S/C21H20FN3O4/c22-16-9-12(17-5-6-18(29-17)21(27)28)2-1-11(16)7-15(10-23)25-20(26)19-13-3-4-14(8-13)24-19/h1-2,5-6,9,13-15,19,24H,3-4,7-8H2,(H,25,26)(H,27,28)/t13-,14+,15-,19-/m0/s1. The van der Waals surface area contributed by atoms with Crippen LogP contribution in [0.2, 0.25) is 0 Å². The number of hydrogen-bond donors (Lipinski definition) is 3. The fourth-order valence-corrected chi connectivity index (χ4v) is 4.23. The van der Waals surface area contributed by atoms with Crippen LogP contribution < -0.4 is 10.6 Å². The summed E-state index contributed by atoms with van der Waals surface area (Å²) in [6.07, 6.45) is 3.12. The number of halogens is 1. The minimum Gasteiger partial charge on any atom is -0.475 e. The number of furan rings is 1. The van der Waals surface area contributed by atoms with Crippen molar-refractivity contribution in [2.45, 2.75) is 43.8 Å². The zero-order valence-corrected chi connectivity index (χ0v) is 15.5. The quantitative estimate of drug-likeness (QED) is 0.690. The Morgan fingerprint density at radius 3 is 2.76 bits per heavy atom. The number of carboxylic acid groups (broad SMARTS) is 1. The minimum absolute atomic E-state index is 0.0354. The maximum absolute atomic E-state index is 14.6. The number of carboxylic acids is 1. The summed E-state index contributed by atoms with van der Waals surface area (Å²) in [5, 5.41) is 24.3. The first-order chi connectivity index (χ1) is 13.9. The lowest BCUT2D eigenvalue weighted by atomic mass is 9.98. The molecule has 1 saturated heterocycles. The van der Waals surface area contributed by atoms with Gasteiger partial charge in [0.2, 0.25) is 11.7 Å². The summed E-state index contributed by atoms with van der Waals surface area (Å²) in [4.78, 5) is 23.4. The molecule has 0 unspecified atom stereocenters. The molecule has 2 aromatic rings. The number of rotatable bonds is 6. The van der Waals surface area contributed by atoms with E-state index in [-0.39, 0.29) is 35.5 Å². The molecule has 0 radical (unpaired) electrons. The number of hydrogen-bond acceptors (Lipinski definition) is 5. The number of aromatic carboxylic acids is 1. The van der Waals surface area contributed by atoms with Gasteiger partial charge in [-0.1, -0.05) is 12.1 Å². The molecule has 4 rings (SSSR count). The Kier molecular flexibility index (Phi) is 5.07. The van der Waals surface area contributed by atoms with E-state index in [1.807, 2.05) is 6.07 Å². The lowest BCUT2D eigenvalue weighted by Crippen LogP contribution is -2.50. The summed E-state index contributed by atoms with van der Waals surface area (Å²) in [6.45, 7) is 0. The van der Waals surface area contributed by atoms with Crippen molar-refractivity contribution >= 4 is 11.9 Å². The molecular formula is C21H20FN3O4. The monoisotopic (exact) mass is 397 g/mol. The average molecular weight is 397 g/mol. The highest BCUT2D eigenvalue weighted by Gasteiger charge is 2.43. The van der Waals surface area contributed by atoms with Crippen LogP contribution in [-0.2, 0) is 11.2 Å². The highest BCUT2D eigenvalue weighted by Crippen LogP contribution is 2.35. The van der Waals surface area contributed by atoms with Gasteiger partial charge in [0.05, 0.1) is 12.1 Å². The van der Waals surface area contributed by atoms with Crippen molar-refractivity contribution in [2.24, 2.45) is 5.92 Å². The smallest absolute Gasteiger partial charge is 0.371 e. The Morgan fingerprint density at radius 1 is 1.34 bits per heavy atom. The van der Waals surface area contributed by atoms with Gasteiger partial charge in [0.25, 0.3) is 0 Å². The average Bonchev–Trinajstić information content (AvgIpc) is 3.45. The number of carbonyl (C=O) groups excluding carboxylic acids is 1. The molecule has 3 N–H and O–H groups in total. The van der Waals surface area contributed by atoms with Crippen LogP contribution >= 0.6 is 0 Å². The molecule has 1 aromatic heterocycles. The topological polar surface area (TPSA) is 115 Å². The summed E-state index contributed by atoms with van der Waals surface area (Å²) in [6, 6.07) is 8.38. The van der Waals surface area contributed by atoms with Crippen LogP contribution in [0.15, 0.2) is 34.7 Å². The molecule has 1 amide bonds. The van der Waals surface area contributed by atoms with Gasteiger partial charge in [-0.25, -0.2) is 9.18 Å². The largest absolute Gasteiger partial charge is 0.475 e. The predicted octanol–water partition coefficient (Wildman–Crippen LogP) is 2.48. The summed E-state index contributed by atoms with van der Waals surface area (Å²) < 4.78 is 19.7. The second-order valence-corrected chi connectivity index (χ2v) is 7.58. The number of carbonyl (C=O) groups is 2. The molecule has 2 bridgehead atoms. The van der Waals surface area contributed by atoms with Crippen molar-refractivity contribution in [1.29, 1.82) is 5.26 Å². The van der Waals surface area contributed by atoms with Crippen LogP contribution in [0.3, 0.4) is 0 Å². The second kappa shape index (κ2) is 7.68. The molecule has 1 saturated carbocycles. The van der Waals surface area contributed by atoms with Crippen molar-refractivity contribution < 1.29 is 23.5 Å². The first-order valence-corrected chi connectivity index (χ1v) is 9.52. The van der Waals surface area contributed by atoms with Gasteiger partial charge >= 0.3 is 5.97 Å². The van der Waals surface area contributed by atoms with E-state index in [2.05, 4.69) is 10.6 Å². The Labute approximate surface area is 166 Å². The van der Waals surface area contributed by atoms with E-state index < -0.39 is 17.8 Å². The first-order valence-electron chi connectivity index (χ1n) is 9.52. The fourth-order valence-electron chi connectivity index (χ4n) is 4.23. The van der Waals surface area contributed by atoms with E-state index in [1.54, 1.807) is 6.07 Å². The summed E-state index contributed by atoms with van der Waals surface area (Å²) >= 11 is 0. The Hall–Kier alpha value is -3.18. The van der Waals surface area contributed by atoms with Gasteiger partial charge in [-0.05, 0) is 48.9 Å². The van der Waals surface area contributed by atoms with Crippen LogP contribution in [0.4, 0.5) is 4.39 Å². The van der Waals surface area contributed by atoms with Crippen molar-refractivity contribution in [1.82, 2.24) is 10.6 Å². The number of fused-ring (bicyclic) bond motifs is 2. The third-order valence-corrected chi connectivity index (χ3v) is 5.69. The van der Waals surface area contributed by atoms with E-state index >= 15 is 0 Å². The van der Waals surface area contributed by atoms with Crippen molar-refractivity contribution in [2.75, 3.05) is 0 Å². The van der Waals surface area contributed by atoms with Crippen LogP contribution in [-0.4, -0.2) is 35.1 Å². The molecule has 2 aliphatic rings. The Balaban J connectivity index is 1.43. The molecule has 8 heteroatoms. The minimum atomic E-state index is -1.20. The number of nitrogens with one attached hydrogen (secondary N) is 2. The molecule has 1 aliphatic carbocycles. The van der Waals surface area contributed by atoms with Crippen molar-refractivity contribution in [3.05, 3.63) is 47.5 Å². The van der Waals surface area contributed by atoms with Crippen LogP contribution in [0.25, 0.3) is 11.3 Å². The molecule has 1 aliphatic heterocycles. The van der Waals surface area contributed by atoms with Gasteiger partial charge in [0.15, 0.2) is 0 Å². The van der Waals surface area contributed by atoms with Crippen LogP contribution in [0.1, 0.15) is 35.4 Å². The number of nitrogens with zero attached hydrogens (tertiary/aromatic N) is 1. The van der Waals surface area contributed by atoms with E-state index in [4.69, 9.17) is 9.52 Å². The Morgan fingerprint density at radius 2 is 2.17 bits per heavy atom. The molecule has 2 heterocycles. The van der Waals surface area contributed by atoms with Gasteiger partial charge in [0, 0.05) is 18.0 Å². The molecule has 4 atom stereocenters. The highest BCUT2D eigenvalue weighted by molar-refractivity contribution is 5.85. The third-order valence-electron chi connectivity index (χ3n) is 5.69. The second-order valence-electron chi connectivity index (χ2n) is 7.58. The molecule has 0 spiro atoms. The molecule has 7 nitrogen and oxygen atoms in total. The zero-order chi connectivity index (χ0) is 20.5. The van der Waals surface area contributed by atoms with E-state index in [0.717, 1.165) is 19.3 Å². The molecule has 29 heavy (non-hydrogen) atoms. The predicted molar refractivity (Wildman–Crippen MR) is 100 cm³/mol. The SMILES string of the molecule is N#C[C@H](Cc1ccc(-c2ccc(C(=O)O)o2)cc1F)NC(=O)[C@H]1N[C@@H]2CC[C@H]1C2.